The van der Waals surface area contributed by atoms with Crippen LogP contribution in [0.2, 0.25) is 0 Å². The highest BCUT2D eigenvalue weighted by Gasteiger charge is 2.41. The van der Waals surface area contributed by atoms with Gasteiger partial charge in [-0.2, -0.15) is 0 Å². The molecule has 1 aliphatic heterocycles. The van der Waals surface area contributed by atoms with E-state index in [4.69, 9.17) is 0 Å². The molecule has 1 aromatic heterocycles. The van der Waals surface area contributed by atoms with Gasteiger partial charge in [0, 0.05) is 35.7 Å². The number of aromatic nitrogens is 2. The van der Waals surface area contributed by atoms with Crippen molar-refractivity contribution in [1.29, 1.82) is 0 Å². The maximum absolute atomic E-state index is 13.7. The number of nitrogens with one attached hydrogen (secondary N) is 2. The van der Waals surface area contributed by atoms with E-state index in [1.165, 1.54) is 16.8 Å². The number of aromatic amines is 1. The number of non-ortho nitro benzene ring substituents is 1. The van der Waals surface area contributed by atoms with Gasteiger partial charge in [-0.05, 0) is 35.6 Å². The number of hydrogen-bond donors (Lipinski definition) is 2. The number of fused-ring (bicyclic) bond motifs is 1. The van der Waals surface area contributed by atoms with Crippen LogP contribution in [0, 0.1) is 10.1 Å². The molecule has 0 saturated carbocycles. The predicted molar refractivity (Wildman–Crippen MR) is 135 cm³/mol. The lowest BCUT2D eigenvalue weighted by Crippen LogP contribution is -2.32. The largest absolute Gasteiger partial charge is 0.343 e. The zero-order valence-corrected chi connectivity index (χ0v) is 19.2. The monoisotopic (exact) mass is 478 g/mol. The van der Waals surface area contributed by atoms with Gasteiger partial charge in [0.25, 0.3) is 11.2 Å². The smallest absolute Gasteiger partial charge is 0.277 e. The molecule has 2 N–H and O–H groups in total. The van der Waals surface area contributed by atoms with Crippen molar-refractivity contribution in [3.8, 4) is 5.69 Å². The fraction of sp³-hybridized carbons (Fsp3) is 0.143. The van der Waals surface area contributed by atoms with Crippen LogP contribution >= 0.6 is 0 Å². The molecule has 2 aliphatic rings. The normalized spacial score (nSPS) is 18.8. The van der Waals surface area contributed by atoms with E-state index in [0.29, 0.717) is 41.0 Å². The van der Waals surface area contributed by atoms with E-state index in [-0.39, 0.29) is 22.9 Å². The van der Waals surface area contributed by atoms with Gasteiger partial charge in [-0.3, -0.25) is 24.8 Å². The number of nitrogens with zero attached hydrogens (tertiary/aromatic N) is 2. The van der Waals surface area contributed by atoms with Crippen molar-refractivity contribution in [1.82, 2.24) is 9.78 Å². The topological polar surface area (TPSA) is 110 Å². The number of para-hydroxylation sites is 1. The van der Waals surface area contributed by atoms with Gasteiger partial charge >= 0.3 is 0 Å². The Morgan fingerprint density at radius 3 is 2.28 bits per heavy atom. The molecule has 0 unspecified atom stereocenters. The van der Waals surface area contributed by atoms with E-state index < -0.39 is 10.8 Å². The number of benzene rings is 3. The Kier molecular flexibility index (Phi) is 5.14. The van der Waals surface area contributed by atoms with Crippen LogP contribution in [0.25, 0.3) is 5.69 Å². The summed E-state index contributed by atoms with van der Waals surface area (Å²) in [5.41, 5.74) is 3.52. The van der Waals surface area contributed by atoms with Crippen LogP contribution in [0.15, 0.2) is 101 Å². The summed E-state index contributed by atoms with van der Waals surface area (Å²) in [4.78, 5) is 38.4. The molecule has 178 valence electrons. The Labute approximate surface area is 206 Å². The summed E-state index contributed by atoms with van der Waals surface area (Å²) < 4.78 is 1.44. The fourth-order valence-corrected chi connectivity index (χ4v) is 5.36. The lowest BCUT2D eigenvalue weighted by Gasteiger charge is -2.34. The number of allylic oxidation sites excluding steroid dienone is 2. The molecule has 36 heavy (non-hydrogen) atoms. The molecule has 2 heterocycles. The third kappa shape index (κ3) is 3.54. The molecule has 3 aromatic carbocycles. The van der Waals surface area contributed by atoms with E-state index in [2.05, 4.69) is 10.4 Å². The number of Topliss-reactive ketones (excluding diaryl/α,β-unsaturated/α-hetero) is 1. The number of carbonyl (C=O) groups is 1. The van der Waals surface area contributed by atoms with Gasteiger partial charge in [0.2, 0.25) is 0 Å². The Morgan fingerprint density at radius 2 is 1.56 bits per heavy atom. The number of anilines is 1. The van der Waals surface area contributed by atoms with Crippen molar-refractivity contribution in [2.75, 3.05) is 5.32 Å². The maximum atomic E-state index is 13.7. The van der Waals surface area contributed by atoms with Crippen molar-refractivity contribution in [3.05, 3.63) is 133 Å². The molecular weight excluding hydrogens is 456 g/mol. The molecule has 0 saturated heterocycles. The van der Waals surface area contributed by atoms with Gasteiger partial charge in [-0.1, -0.05) is 60.7 Å². The minimum Gasteiger partial charge on any atom is -0.343 e. The highest BCUT2D eigenvalue weighted by Crippen LogP contribution is 2.47. The van der Waals surface area contributed by atoms with Crippen molar-refractivity contribution < 1.29 is 9.72 Å². The van der Waals surface area contributed by atoms with Crippen LogP contribution in [0.5, 0.6) is 0 Å². The number of hydrogen-bond acceptors (Lipinski definition) is 5. The maximum Gasteiger partial charge on any atom is 0.277 e. The minimum atomic E-state index is -0.714. The molecule has 4 aromatic rings. The first-order chi connectivity index (χ1) is 17.5. The van der Waals surface area contributed by atoms with Crippen LogP contribution in [0.1, 0.15) is 41.4 Å². The summed E-state index contributed by atoms with van der Waals surface area (Å²) >= 11 is 0. The lowest BCUT2D eigenvalue weighted by molar-refractivity contribution is -0.384. The van der Waals surface area contributed by atoms with Crippen LogP contribution in [-0.2, 0) is 4.79 Å². The quantitative estimate of drug-likeness (QED) is 0.316. The standard InChI is InChI=1S/C28H22N4O4/c33-23-16-19(17-8-3-1-4-9-17)15-22-25(23)24(18-10-7-13-21(14-18)32(35)36)26-27(29-22)30-31(28(26)34)20-11-5-2-6-12-20/h1-14,19,24,29-30H,15-16H2/t19-,24+/m1/s1. The number of rotatable bonds is 4. The predicted octanol–water partition coefficient (Wildman–Crippen LogP) is 5.03. The summed E-state index contributed by atoms with van der Waals surface area (Å²) in [5, 5.41) is 18.0. The third-order valence-electron chi connectivity index (χ3n) is 6.99. The highest BCUT2D eigenvalue weighted by molar-refractivity contribution is 6.01. The molecule has 8 heteroatoms. The van der Waals surface area contributed by atoms with Gasteiger partial charge in [0.1, 0.15) is 5.82 Å². The number of carbonyl (C=O) groups excluding carboxylic acids is 1. The summed E-state index contributed by atoms with van der Waals surface area (Å²) in [7, 11) is 0. The first kappa shape index (κ1) is 21.8. The van der Waals surface area contributed by atoms with E-state index >= 15 is 0 Å². The van der Waals surface area contributed by atoms with Crippen LogP contribution in [-0.4, -0.2) is 20.5 Å². The van der Waals surface area contributed by atoms with Crippen molar-refractivity contribution in [2.45, 2.75) is 24.7 Å². The molecule has 0 amide bonds. The summed E-state index contributed by atoms with van der Waals surface area (Å²) in [6.07, 6.45) is 0.900. The van der Waals surface area contributed by atoms with E-state index in [9.17, 15) is 19.7 Å². The number of nitro benzene ring substituents is 1. The van der Waals surface area contributed by atoms with Gasteiger partial charge in [0.05, 0.1) is 16.2 Å². The van der Waals surface area contributed by atoms with Gasteiger partial charge in [-0.15, -0.1) is 0 Å². The highest BCUT2D eigenvalue weighted by atomic mass is 16.6. The average Bonchev–Trinajstić information content (AvgIpc) is 3.24. The second-order valence-electron chi connectivity index (χ2n) is 9.12. The Bertz CT molecular complexity index is 1580. The van der Waals surface area contributed by atoms with Crippen molar-refractivity contribution in [2.24, 2.45) is 0 Å². The van der Waals surface area contributed by atoms with Crippen molar-refractivity contribution in [3.63, 3.8) is 0 Å². The van der Waals surface area contributed by atoms with Crippen LogP contribution in [0.3, 0.4) is 0 Å². The lowest BCUT2D eigenvalue weighted by atomic mass is 9.73. The van der Waals surface area contributed by atoms with E-state index in [1.54, 1.807) is 12.1 Å². The van der Waals surface area contributed by atoms with Crippen LogP contribution in [0.4, 0.5) is 11.5 Å². The number of ketones is 1. The van der Waals surface area contributed by atoms with Crippen molar-refractivity contribution >= 4 is 17.3 Å². The second-order valence-corrected chi connectivity index (χ2v) is 9.12. The molecule has 2 atom stereocenters. The second kappa shape index (κ2) is 8.49. The Balaban J connectivity index is 1.54. The zero-order chi connectivity index (χ0) is 24.8. The van der Waals surface area contributed by atoms with Crippen LogP contribution < -0.4 is 10.9 Å². The van der Waals surface area contributed by atoms with Gasteiger partial charge < -0.3 is 5.32 Å². The van der Waals surface area contributed by atoms with Gasteiger partial charge in [0.15, 0.2) is 5.78 Å². The molecule has 1 aliphatic carbocycles. The summed E-state index contributed by atoms with van der Waals surface area (Å²) in [6, 6.07) is 25.3. The fourth-order valence-electron chi connectivity index (χ4n) is 5.36. The molecule has 6 rings (SSSR count). The third-order valence-corrected chi connectivity index (χ3v) is 6.99. The Morgan fingerprint density at radius 1 is 0.861 bits per heavy atom. The molecule has 0 fully saturated rings. The molecule has 0 spiro atoms. The summed E-state index contributed by atoms with van der Waals surface area (Å²) in [5.74, 6) is -0.276. The van der Waals surface area contributed by atoms with Gasteiger partial charge in [-0.25, -0.2) is 4.68 Å². The average molecular weight is 479 g/mol. The first-order valence-corrected chi connectivity index (χ1v) is 11.7. The number of nitro groups is 1. The molecular formula is C28H22N4O4. The first-order valence-electron chi connectivity index (χ1n) is 11.7. The zero-order valence-electron chi connectivity index (χ0n) is 19.2. The van der Waals surface area contributed by atoms with E-state index in [1.807, 2.05) is 60.7 Å². The SMILES string of the molecule is O=C1C[C@H](c2ccccc2)CC2=C1[C@H](c1cccc([N+](=O)[O-])c1)c1c([nH]n(-c3ccccc3)c1=O)N2. The van der Waals surface area contributed by atoms with E-state index in [0.717, 1.165) is 11.3 Å². The Hall–Kier alpha value is -4.72. The molecule has 8 nitrogen and oxygen atoms in total. The molecule has 0 bridgehead atoms. The minimum absolute atomic E-state index is 0.000176. The number of H-pyrrole nitrogens is 1. The molecule has 0 radical (unpaired) electrons. The summed E-state index contributed by atoms with van der Waals surface area (Å²) in [6.45, 7) is 0.